The first-order valence-electron chi connectivity index (χ1n) is 7.02. The first-order chi connectivity index (χ1) is 8.02. The van der Waals surface area contributed by atoms with E-state index in [2.05, 4.69) is 38.3 Å². The monoisotopic (exact) mass is 246 g/mol. The van der Waals surface area contributed by atoms with Gasteiger partial charge in [0.05, 0.1) is 0 Å². The van der Waals surface area contributed by atoms with Gasteiger partial charge in [-0.2, -0.15) is 0 Å². The lowest BCUT2D eigenvalue weighted by atomic mass is 10.1. The maximum atomic E-state index is 11.4. The second-order valence-corrected chi connectivity index (χ2v) is 5.45. The van der Waals surface area contributed by atoms with Gasteiger partial charge in [0.1, 0.15) is 0 Å². The molecular weight excluding hydrogens is 212 g/mol. The summed E-state index contributed by atoms with van der Waals surface area (Å²) in [6.45, 7) is 10.5. The minimum absolute atomic E-state index is 0. The van der Waals surface area contributed by atoms with Crippen LogP contribution in [-0.4, -0.2) is 25.0 Å². The van der Waals surface area contributed by atoms with E-state index in [-0.39, 0.29) is 8.76 Å². The van der Waals surface area contributed by atoms with Crippen LogP contribution in [0.4, 0.5) is 0 Å². The highest BCUT2D eigenvalue weighted by atomic mass is 16.1. The Balaban J connectivity index is -0.00000128. The van der Waals surface area contributed by atoms with Crippen LogP contribution in [0.1, 0.15) is 62.7 Å². The molecule has 0 aromatic carbocycles. The fourth-order valence-corrected chi connectivity index (χ4v) is 1.63. The molecular formula is C14H34N2O. The topological polar surface area (TPSA) is 41.1 Å². The highest BCUT2D eigenvalue weighted by molar-refractivity contribution is 5.75. The highest BCUT2D eigenvalue weighted by Gasteiger charge is 2.01. The van der Waals surface area contributed by atoms with Crippen LogP contribution in [0, 0.1) is 5.92 Å². The molecule has 0 aliphatic rings. The molecule has 0 radical (unpaired) electrons. The van der Waals surface area contributed by atoms with Gasteiger partial charge in [0.2, 0.25) is 5.91 Å². The fourth-order valence-electron chi connectivity index (χ4n) is 1.63. The molecule has 1 amide bonds. The van der Waals surface area contributed by atoms with Crippen molar-refractivity contribution in [2.24, 2.45) is 5.92 Å². The molecule has 3 heteroatoms. The largest absolute Gasteiger partial charge is 0.356 e. The maximum absolute atomic E-state index is 11.4. The minimum atomic E-state index is 0. The number of rotatable bonds is 10. The van der Waals surface area contributed by atoms with Gasteiger partial charge in [0.25, 0.3) is 0 Å². The normalized spacial score (nSPS) is 11.2. The van der Waals surface area contributed by atoms with E-state index in [9.17, 15) is 4.79 Å². The zero-order valence-electron chi connectivity index (χ0n) is 12.0. The molecule has 0 saturated carbocycles. The Morgan fingerprint density at radius 3 is 2.35 bits per heavy atom. The minimum Gasteiger partial charge on any atom is -0.356 e. The van der Waals surface area contributed by atoms with E-state index in [1.807, 2.05) is 0 Å². The van der Waals surface area contributed by atoms with E-state index in [0.29, 0.717) is 12.5 Å². The lowest BCUT2D eigenvalue weighted by Crippen LogP contribution is -2.27. The molecule has 0 rings (SSSR count). The van der Waals surface area contributed by atoms with Crippen molar-refractivity contribution < 1.29 is 7.65 Å². The number of unbranched alkanes of at least 4 members (excludes halogenated alkanes) is 1. The summed E-state index contributed by atoms with van der Waals surface area (Å²) in [5, 5.41) is 6.29. The van der Waals surface area contributed by atoms with Gasteiger partial charge < -0.3 is 10.6 Å². The van der Waals surface area contributed by atoms with Crippen LogP contribution in [-0.2, 0) is 4.79 Å². The van der Waals surface area contributed by atoms with Gasteiger partial charge >= 0.3 is 0 Å². The van der Waals surface area contributed by atoms with Crippen molar-refractivity contribution in [1.29, 1.82) is 0 Å². The molecule has 2 N–H and O–H groups in total. The Morgan fingerprint density at radius 2 is 1.76 bits per heavy atom. The van der Waals surface area contributed by atoms with Crippen LogP contribution < -0.4 is 10.6 Å². The lowest BCUT2D eigenvalue weighted by molar-refractivity contribution is -0.121. The van der Waals surface area contributed by atoms with Gasteiger partial charge in [-0.05, 0) is 25.3 Å². The zero-order chi connectivity index (χ0) is 13.1. The molecule has 106 valence electrons. The molecule has 0 atom stereocenters. The molecule has 17 heavy (non-hydrogen) atoms. The molecule has 0 bridgehead atoms. The highest BCUT2D eigenvalue weighted by Crippen LogP contribution is 2.05. The SMILES string of the molecule is CC(C)CCCCNC(=O)CCCNC(C)C.[HH].[HH]. The summed E-state index contributed by atoms with van der Waals surface area (Å²) in [6, 6.07) is 0.508. The summed E-state index contributed by atoms with van der Waals surface area (Å²) in [7, 11) is 0. The van der Waals surface area contributed by atoms with E-state index in [1.165, 1.54) is 12.8 Å². The first kappa shape index (κ1) is 16.4. The van der Waals surface area contributed by atoms with E-state index >= 15 is 0 Å². The first-order valence-corrected chi connectivity index (χ1v) is 7.02. The van der Waals surface area contributed by atoms with Crippen molar-refractivity contribution in [3.05, 3.63) is 0 Å². The molecule has 0 saturated heterocycles. The number of carbonyl (C=O) groups excluding carboxylic acids is 1. The van der Waals surface area contributed by atoms with Crippen LogP contribution in [0.3, 0.4) is 0 Å². The Bertz CT molecular complexity index is 200. The maximum Gasteiger partial charge on any atom is 0.220 e. The molecule has 0 unspecified atom stereocenters. The number of nitrogens with one attached hydrogen (secondary N) is 2. The summed E-state index contributed by atoms with van der Waals surface area (Å²) in [6.07, 6.45) is 5.15. The van der Waals surface area contributed by atoms with E-state index < -0.39 is 0 Å². The number of hydrogen-bond donors (Lipinski definition) is 2. The predicted octanol–water partition coefficient (Wildman–Crippen LogP) is 3.20. The molecule has 0 aliphatic heterocycles. The average Bonchev–Trinajstić information content (AvgIpc) is 2.23. The van der Waals surface area contributed by atoms with Crippen LogP contribution in [0.15, 0.2) is 0 Å². The van der Waals surface area contributed by atoms with Crippen molar-refractivity contribution in [2.45, 2.75) is 65.8 Å². The summed E-state index contributed by atoms with van der Waals surface area (Å²) in [4.78, 5) is 11.4. The summed E-state index contributed by atoms with van der Waals surface area (Å²) in [5.74, 6) is 0.966. The van der Waals surface area contributed by atoms with Gasteiger partial charge in [0.15, 0.2) is 0 Å². The van der Waals surface area contributed by atoms with E-state index in [4.69, 9.17) is 0 Å². The Morgan fingerprint density at radius 1 is 1.06 bits per heavy atom. The van der Waals surface area contributed by atoms with E-state index in [1.54, 1.807) is 0 Å². The van der Waals surface area contributed by atoms with E-state index in [0.717, 1.165) is 31.8 Å². The molecule has 0 spiro atoms. The Labute approximate surface area is 110 Å². The molecule has 0 aromatic rings. The average molecular weight is 246 g/mol. The molecule has 0 aromatic heterocycles. The van der Waals surface area contributed by atoms with Crippen LogP contribution in [0.5, 0.6) is 0 Å². The predicted molar refractivity (Wildman–Crippen MR) is 78.3 cm³/mol. The van der Waals surface area contributed by atoms with Gasteiger partial charge in [-0.15, -0.1) is 0 Å². The standard InChI is InChI=1S/C14H30N2O.2H2/c1-12(2)8-5-6-10-16-14(17)9-7-11-15-13(3)4;;/h12-13,15H,5-11H2,1-4H3,(H,16,17);2*1H. The summed E-state index contributed by atoms with van der Waals surface area (Å²) >= 11 is 0. The van der Waals surface area contributed by atoms with Gasteiger partial charge in [0, 0.05) is 21.9 Å². The van der Waals surface area contributed by atoms with Gasteiger partial charge in [-0.3, -0.25) is 4.79 Å². The Hall–Kier alpha value is -0.570. The van der Waals surface area contributed by atoms with Crippen molar-refractivity contribution in [3.63, 3.8) is 0 Å². The van der Waals surface area contributed by atoms with Crippen molar-refractivity contribution in [2.75, 3.05) is 13.1 Å². The third-order valence-corrected chi connectivity index (χ3v) is 2.66. The van der Waals surface area contributed by atoms with Crippen molar-refractivity contribution in [3.8, 4) is 0 Å². The molecule has 0 aliphatic carbocycles. The quantitative estimate of drug-likeness (QED) is 0.581. The zero-order valence-corrected chi connectivity index (χ0v) is 12.0. The Kier molecular flexibility index (Phi) is 10.2. The number of carbonyl (C=O) groups is 1. The smallest absolute Gasteiger partial charge is 0.220 e. The van der Waals surface area contributed by atoms with Gasteiger partial charge in [-0.1, -0.05) is 40.5 Å². The van der Waals surface area contributed by atoms with Crippen molar-refractivity contribution in [1.82, 2.24) is 10.6 Å². The second-order valence-electron chi connectivity index (χ2n) is 5.45. The summed E-state index contributed by atoms with van der Waals surface area (Å²) < 4.78 is 0. The molecule has 0 heterocycles. The van der Waals surface area contributed by atoms with Crippen LogP contribution in [0.2, 0.25) is 0 Å². The van der Waals surface area contributed by atoms with Crippen LogP contribution in [0.25, 0.3) is 0 Å². The summed E-state index contributed by atoms with van der Waals surface area (Å²) in [5.41, 5.74) is 0. The number of hydrogen-bond acceptors (Lipinski definition) is 2. The fraction of sp³-hybridized carbons (Fsp3) is 0.929. The third kappa shape index (κ3) is 13.4. The molecule has 3 nitrogen and oxygen atoms in total. The van der Waals surface area contributed by atoms with Crippen LogP contribution >= 0.6 is 0 Å². The number of amides is 1. The van der Waals surface area contributed by atoms with Gasteiger partial charge in [-0.25, -0.2) is 0 Å². The molecule has 0 fully saturated rings. The third-order valence-electron chi connectivity index (χ3n) is 2.66. The lowest BCUT2D eigenvalue weighted by Gasteiger charge is -2.08. The second kappa shape index (κ2) is 10.6. The van der Waals surface area contributed by atoms with Crippen molar-refractivity contribution >= 4 is 5.91 Å².